The van der Waals surface area contributed by atoms with E-state index in [0.717, 1.165) is 39.9 Å². The topological polar surface area (TPSA) is 92.9 Å². The molecular formula is C17H22N6S. The van der Waals surface area contributed by atoms with Crippen molar-refractivity contribution < 1.29 is 0 Å². The third-order valence-corrected chi connectivity index (χ3v) is 5.34. The normalized spacial score (nSPS) is 14.9. The van der Waals surface area contributed by atoms with Crippen molar-refractivity contribution in [3.05, 3.63) is 34.8 Å². The minimum absolute atomic E-state index is 0.0470. The molecule has 0 amide bonds. The molecule has 1 saturated heterocycles. The number of nitrogens with zero attached hydrogens (tertiary/aromatic N) is 4. The Labute approximate surface area is 145 Å². The molecule has 2 heterocycles. The molecule has 0 saturated carbocycles. The predicted octanol–water partition coefficient (Wildman–Crippen LogP) is 2.72. The highest BCUT2D eigenvalue weighted by Gasteiger charge is 2.14. The number of guanidine groups is 1. The van der Waals surface area contributed by atoms with E-state index < -0.39 is 0 Å². The van der Waals surface area contributed by atoms with Crippen molar-refractivity contribution >= 4 is 28.7 Å². The molecule has 0 spiro atoms. The molecule has 3 rings (SSSR count). The van der Waals surface area contributed by atoms with Gasteiger partial charge in [-0.3, -0.25) is 0 Å². The second-order valence-corrected chi connectivity index (χ2v) is 6.88. The van der Waals surface area contributed by atoms with Crippen molar-refractivity contribution in [2.45, 2.75) is 26.7 Å². The van der Waals surface area contributed by atoms with Crippen molar-refractivity contribution in [1.82, 2.24) is 4.98 Å². The van der Waals surface area contributed by atoms with Crippen LogP contribution in [0.3, 0.4) is 0 Å². The van der Waals surface area contributed by atoms with Gasteiger partial charge in [0, 0.05) is 24.3 Å². The van der Waals surface area contributed by atoms with Crippen LogP contribution in [-0.2, 0) is 0 Å². The standard InChI is InChI=1S/C17H22N6S/c1-11-15(12(2)21-22-17(18)19)24-16(20-11)13-5-7-14(8-6-13)23-9-3-4-10-23/h5-8H,3-4,9-10H2,1-2H3,(H4,18,19,22)/b21-12+. The first kappa shape index (κ1) is 16.4. The summed E-state index contributed by atoms with van der Waals surface area (Å²) in [7, 11) is 0. The van der Waals surface area contributed by atoms with Gasteiger partial charge in [-0.05, 0) is 51.0 Å². The van der Waals surface area contributed by atoms with Gasteiger partial charge >= 0.3 is 0 Å². The van der Waals surface area contributed by atoms with E-state index >= 15 is 0 Å². The van der Waals surface area contributed by atoms with Crippen LogP contribution in [0.25, 0.3) is 10.6 Å². The number of anilines is 1. The SMILES string of the molecule is C/C(=N\N=C(N)N)c1sc(-c2ccc(N3CCCC3)cc2)nc1C. The molecule has 24 heavy (non-hydrogen) atoms. The molecule has 0 unspecified atom stereocenters. The van der Waals surface area contributed by atoms with Gasteiger partial charge in [-0.1, -0.05) is 0 Å². The molecule has 0 aliphatic carbocycles. The molecule has 1 aromatic carbocycles. The van der Waals surface area contributed by atoms with Gasteiger partial charge in [-0.15, -0.1) is 16.4 Å². The smallest absolute Gasteiger partial charge is 0.211 e. The van der Waals surface area contributed by atoms with Crippen LogP contribution < -0.4 is 16.4 Å². The number of aromatic nitrogens is 1. The van der Waals surface area contributed by atoms with Crippen molar-refractivity contribution in [3.63, 3.8) is 0 Å². The molecule has 6 nitrogen and oxygen atoms in total. The molecule has 4 N–H and O–H groups in total. The first-order valence-corrected chi connectivity index (χ1v) is 8.82. The molecule has 1 aromatic heterocycles. The summed E-state index contributed by atoms with van der Waals surface area (Å²) < 4.78 is 0. The number of aryl methyl sites for hydroxylation is 1. The van der Waals surface area contributed by atoms with Gasteiger partial charge in [0.2, 0.25) is 5.96 Å². The zero-order valence-corrected chi connectivity index (χ0v) is 14.8. The number of hydrogen-bond acceptors (Lipinski definition) is 5. The quantitative estimate of drug-likeness (QED) is 0.507. The molecule has 0 atom stereocenters. The van der Waals surface area contributed by atoms with Crippen molar-refractivity contribution in [3.8, 4) is 10.6 Å². The zero-order chi connectivity index (χ0) is 17.1. The highest BCUT2D eigenvalue weighted by Crippen LogP contribution is 2.30. The average Bonchev–Trinajstić information content (AvgIpc) is 3.22. The predicted molar refractivity (Wildman–Crippen MR) is 102 cm³/mol. The van der Waals surface area contributed by atoms with Crippen LogP contribution in [0.5, 0.6) is 0 Å². The van der Waals surface area contributed by atoms with Gasteiger partial charge < -0.3 is 16.4 Å². The van der Waals surface area contributed by atoms with Gasteiger partial charge in [0.05, 0.1) is 16.3 Å². The van der Waals surface area contributed by atoms with E-state index in [0.29, 0.717) is 0 Å². The largest absolute Gasteiger partial charge is 0.372 e. The molecule has 0 radical (unpaired) electrons. The number of hydrogen-bond donors (Lipinski definition) is 2. The van der Waals surface area contributed by atoms with Gasteiger partial charge in [-0.25, -0.2) is 4.98 Å². The summed E-state index contributed by atoms with van der Waals surface area (Å²) in [5, 5.41) is 8.74. The number of rotatable bonds is 4. The summed E-state index contributed by atoms with van der Waals surface area (Å²) in [6.45, 7) is 6.16. The van der Waals surface area contributed by atoms with Crippen molar-refractivity contribution in [2.24, 2.45) is 21.7 Å². The van der Waals surface area contributed by atoms with E-state index in [-0.39, 0.29) is 5.96 Å². The molecule has 1 fully saturated rings. The molecular weight excluding hydrogens is 320 g/mol. The van der Waals surface area contributed by atoms with Gasteiger partial charge in [0.25, 0.3) is 0 Å². The van der Waals surface area contributed by atoms with E-state index in [9.17, 15) is 0 Å². The number of nitrogens with two attached hydrogens (primary N) is 2. The van der Waals surface area contributed by atoms with Crippen molar-refractivity contribution in [1.29, 1.82) is 0 Å². The molecule has 7 heteroatoms. The Bertz CT molecular complexity index is 765. The van der Waals surface area contributed by atoms with E-state index in [2.05, 4.69) is 44.4 Å². The Hall–Kier alpha value is -2.41. The lowest BCUT2D eigenvalue weighted by Crippen LogP contribution is -2.22. The van der Waals surface area contributed by atoms with Gasteiger partial charge in [0.1, 0.15) is 5.01 Å². The van der Waals surface area contributed by atoms with E-state index in [1.54, 1.807) is 11.3 Å². The zero-order valence-electron chi connectivity index (χ0n) is 14.0. The minimum atomic E-state index is -0.0470. The fourth-order valence-electron chi connectivity index (χ4n) is 2.82. The van der Waals surface area contributed by atoms with Crippen LogP contribution in [0.2, 0.25) is 0 Å². The van der Waals surface area contributed by atoms with Crippen LogP contribution in [-0.4, -0.2) is 29.7 Å². The molecule has 2 aromatic rings. The van der Waals surface area contributed by atoms with E-state index in [4.69, 9.17) is 11.5 Å². The molecule has 1 aliphatic heterocycles. The van der Waals surface area contributed by atoms with Crippen molar-refractivity contribution in [2.75, 3.05) is 18.0 Å². The maximum Gasteiger partial charge on any atom is 0.211 e. The second-order valence-electron chi connectivity index (χ2n) is 5.88. The summed E-state index contributed by atoms with van der Waals surface area (Å²) in [6.07, 6.45) is 2.57. The molecule has 126 valence electrons. The third-order valence-electron chi connectivity index (χ3n) is 4.03. The first-order chi connectivity index (χ1) is 11.5. The number of benzene rings is 1. The monoisotopic (exact) mass is 342 g/mol. The fraction of sp³-hybridized carbons (Fsp3) is 0.353. The summed E-state index contributed by atoms with van der Waals surface area (Å²) in [5.41, 5.74) is 14.7. The summed E-state index contributed by atoms with van der Waals surface area (Å²) in [5.74, 6) is -0.0470. The van der Waals surface area contributed by atoms with Crippen LogP contribution in [0, 0.1) is 6.92 Å². The van der Waals surface area contributed by atoms with Crippen LogP contribution >= 0.6 is 11.3 Å². The van der Waals surface area contributed by atoms with E-state index in [1.807, 2.05) is 13.8 Å². The Kier molecular flexibility index (Phi) is 4.80. The van der Waals surface area contributed by atoms with Gasteiger partial charge in [0.15, 0.2) is 0 Å². The lowest BCUT2D eigenvalue weighted by atomic mass is 10.2. The summed E-state index contributed by atoms with van der Waals surface area (Å²) in [4.78, 5) is 8.09. The highest BCUT2D eigenvalue weighted by molar-refractivity contribution is 7.17. The van der Waals surface area contributed by atoms with Crippen LogP contribution in [0.15, 0.2) is 34.5 Å². The molecule has 1 aliphatic rings. The van der Waals surface area contributed by atoms with Crippen LogP contribution in [0.4, 0.5) is 5.69 Å². The average molecular weight is 342 g/mol. The number of thiazole rings is 1. The second kappa shape index (κ2) is 7.00. The van der Waals surface area contributed by atoms with E-state index in [1.165, 1.54) is 18.5 Å². The Morgan fingerprint density at radius 3 is 2.42 bits per heavy atom. The van der Waals surface area contributed by atoms with Crippen LogP contribution in [0.1, 0.15) is 30.3 Å². The Morgan fingerprint density at radius 2 is 1.79 bits per heavy atom. The summed E-state index contributed by atoms with van der Waals surface area (Å²) in [6, 6.07) is 8.63. The maximum absolute atomic E-state index is 5.32. The van der Waals surface area contributed by atoms with Gasteiger partial charge in [-0.2, -0.15) is 5.10 Å². The molecule has 0 bridgehead atoms. The summed E-state index contributed by atoms with van der Waals surface area (Å²) >= 11 is 1.60. The Balaban J connectivity index is 1.84. The third kappa shape index (κ3) is 3.56. The minimum Gasteiger partial charge on any atom is -0.372 e. The lowest BCUT2D eigenvalue weighted by Gasteiger charge is -2.17. The highest BCUT2D eigenvalue weighted by atomic mass is 32.1. The Morgan fingerprint density at radius 1 is 1.12 bits per heavy atom. The first-order valence-electron chi connectivity index (χ1n) is 8.01. The lowest BCUT2D eigenvalue weighted by molar-refractivity contribution is 0.949. The fourth-order valence-corrected chi connectivity index (χ4v) is 3.84. The maximum atomic E-state index is 5.32.